The minimum absolute atomic E-state index is 0.259. The molecule has 1 aliphatic heterocycles. The molecule has 2 rings (SSSR count). The fourth-order valence-corrected chi connectivity index (χ4v) is 2.75. The first-order valence-corrected chi connectivity index (χ1v) is 8.18. The van der Waals surface area contributed by atoms with Gasteiger partial charge in [-0.15, -0.1) is 0 Å². The van der Waals surface area contributed by atoms with E-state index in [-0.39, 0.29) is 6.54 Å². The molecule has 140 valence electrons. The SMILES string of the molecule is CCC(=NCc1cc(OC)cc(OC)c1)C1C(=O)N(C)C(=O)N(C)C1=O. The van der Waals surface area contributed by atoms with E-state index in [1.165, 1.54) is 14.1 Å². The molecule has 1 aliphatic rings. The van der Waals surface area contributed by atoms with E-state index in [1.54, 1.807) is 20.3 Å². The van der Waals surface area contributed by atoms with Gasteiger partial charge >= 0.3 is 6.03 Å². The fourth-order valence-electron chi connectivity index (χ4n) is 2.75. The largest absolute Gasteiger partial charge is 0.497 e. The van der Waals surface area contributed by atoms with Gasteiger partial charge in [-0.3, -0.25) is 24.4 Å². The molecule has 0 radical (unpaired) electrons. The van der Waals surface area contributed by atoms with Gasteiger partial charge in [0.05, 0.1) is 20.8 Å². The van der Waals surface area contributed by atoms with E-state index in [2.05, 4.69) is 4.99 Å². The van der Waals surface area contributed by atoms with Gasteiger partial charge in [-0.25, -0.2) is 4.79 Å². The quantitative estimate of drug-likeness (QED) is 0.569. The average molecular weight is 361 g/mol. The zero-order valence-electron chi connectivity index (χ0n) is 15.6. The Kier molecular flexibility index (Phi) is 5.97. The van der Waals surface area contributed by atoms with Crippen LogP contribution in [0.2, 0.25) is 0 Å². The van der Waals surface area contributed by atoms with Crippen LogP contribution in [0.1, 0.15) is 18.9 Å². The predicted octanol–water partition coefficient (Wildman–Crippen LogP) is 1.72. The zero-order valence-corrected chi connectivity index (χ0v) is 15.6. The second kappa shape index (κ2) is 7.99. The van der Waals surface area contributed by atoms with Crippen molar-refractivity contribution in [2.45, 2.75) is 19.9 Å². The van der Waals surface area contributed by atoms with Crippen LogP contribution in [-0.2, 0) is 16.1 Å². The van der Waals surface area contributed by atoms with Gasteiger partial charge in [0.1, 0.15) is 11.5 Å². The number of hydrogen-bond acceptors (Lipinski definition) is 6. The summed E-state index contributed by atoms with van der Waals surface area (Å²) in [5.74, 6) is -0.922. The lowest BCUT2D eigenvalue weighted by molar-refractivity contribution is -0.144. The van der Waals surface area contributed by atoms with E-state index in [0.717, 1.165) is 15.4 Å². The summed E-state index contributed by atoms with van der Waals surface area (Å²) in [4.78, 5) is 43.1. The standard InChI is InChI=1S/C18H23N3O5/c1-6-14(15-16(22)20(2)18(24)21(3)17(15)23)19-10-11-7-12(25-4)9-13(8-11)26-5/h7-9,15H,6,10H2,1-5H3. The van der Waals surface area contributed by atoms with Gasteiger partial charge in [0, 0.05) is 25.9 Å². The molecule has 0 N–H and O–H groups in total. The highest BCUT2D eigenvalue weighted by molar-refractivity contribution is 6.27. The molecule has 0 aromatic heterocycles. The number of urea groups is 1. The number of amides is 4. The van der Waals surface area contributed by atoms with Crippen LogP contribution >= 0.6 is 0 Å². The van der Waals surface area contributed by atoms with Crippen molar-refractivity contribution in [1.29, 1.82) is 0 Å². The Labute approximate surface area is 152 Å². The summed E-state index contributed by atoms with van der Waals surface area (Å²) in [6, 6.07) is 4.73. The van der Waals surface area contributed by atoms with Gasteiger partial charge in [0.25, 0.3) is 0 Å². The van der Waals surface area contributed by atoms with Crippen LogP contribution in [0.5, 0.6) is 11.5 Å². The smallest absolute Gasteiger partial charge is 0.332 e. The van der Waals surface area contributed by atoms with E-state index < -0.39 is 23.8 Å². The molecule has 1 fully saturated rings. The lowest BCUT2D eigenvalue weighted by Gasteiger charge is -2.33. The highest BCUT2D eigenvalue weighted by Crippen LogP contribution is 2.24. The minimum atomic E-state index is -1.07. The van der Waals surface area contributed by atoms with Gasteiger partial charge in [0.15, 0.2) is 5.92 Å². The molecule has 0 saturated carbocycles. The Morgan fingerprint density at radius 3 is 1.92 bits per heavy atom. The molecule has 1 aromatic carbocycles. The normalized spacial score (nSPS) is 16.3. The van der Waals surface area contributed by atoms with Crippen molar-refractivity contribution >= 4 is 23.6 Å². The van der Waals surface area contributed by atoms with Gasteiger partial charge in [0.2, 0.25) is 11.8 Å². The third-order valence-electron chi connectivity index (χ3n) is 4.30. The van der Waals surface area contributed by atoms with Crippen LogP contribution < -0.4 is 9.47 Å². The summed E-state index contributed by atoms with van der Waals surface area (Å²) in [5.41, 5.74) is 1.26. The van der Waals surface area contributed by atoms with Crippen molar-refractivity contribution in [1.82, 2.24) is 9.80 Å². The maximum atomic E-state index is 12.4. The molecular formula is C18H23N3O5. The van der Waals surface area contributed by atoms with E-state index >= 15 is 0 Å². The summed E-state index contributed by atoms with van der Waals surface area (Å²) in [6.45, 7) is 2.08. The Hall–Kier alpha value is -2.90. The number of imide groups is 2. The van der Waals surface area contributed by atoms with E-state index in [0.29, 0.717) is 23.6 Å². The van der Waals surface area contributed by atoms with Crippen LogP contribution in [0.3, 0.4) is 0 Å². The lowest BCUT2D eigenvalue weighted by Crippen LogP contribution is -2.58. The highest BCUT2D eigenvalue weighted by atomic mass is 16.5. The van der Waals surface area contributed by atoms with Crippen molar-refractivity contribution < 1.29 is 23.9 Å². The Morgan fingerprint density at radius 2 is 1.50 bits per heavy atom. The van der Waals surface area contributed by atoms with Gasteiger partial charge < -0.3 is 9.47 Å². The number of nitrogens with zero attached hydrogens (tertiary/aromatic N) is 3. The zero-order chi connectivity index (χ0) is 19.4. The fraction of sp³-hybridized carbons (Fsp3) is 0.444. The number of ether oxygens (including phenoxy) is 2. The average Bonchev–Trinajstić information content (AvgIpc) is 2.66. The first-order valence-electron chi connectivity index (χ1n) is 8.18. The third kappa shape index (κ3) is 3.68. The summed E-state index contributed by atoms with van der Waals surface area (Å²) in [5, 5.41) is 0. The Bertz CT molecular complexity index is 713. The number of carbonyl (C=O) groups excluding carboxylic acids is 3. The van der Waals surface area contributed by atoms with Crippen LogP contribution in [-0.4, -0.2) is 61.7 Å². The first kappa shape index (κ1) is 19.4. The maximum absolute atomic E-state index is 12.4. The molecule has 4 amide bonds. The number of aliphatic imine (C=N–C) groups is 1. The van der Waals surface area contributed by atoms with Crippen LogP contribution in [0.15, 0.2) is 23.2 Å². The Morgan fingerprint density at radius 1 is 1.00 bits per heavy atom. The molecule has 1 aromatic rings. The summed E-state index contributed by atoms with van der Waals surface area (Å²) in [7, 11) is 5.84. The topological polar surface area (TPSA) is 88.5 Å². The Balaban J connectivity index is 2.31. The second-order valence-electron chi connectivity index (χ2n) is 5.89. The third-order valence-corrected chi connectivity index (χ3v) is 4.30. The molecule has 1 saturated heterocycles. The molecule has 1 heterocycles. The number of benzene rings is 1. The molecule has 0 atom stereocenters. The molecule has 8 heteroatoms. The van der Waals surface area contributed by atoms with Crippen molar-refractivity contribution in [3.8, 4) is 11.5 Å². The van der Waals surface area contributed by atoms with E-state index in [1.807, 2.05) is 19.1 Å². The predicted molar refractivity (Wildman–Crippen MR) is 95.4 cm³/mol. The number of methoxy groups -OCH3 is 2. The van der Waals surface area contributed by atoms with Crippen molar-refractivity contribution in [2.24, 2.45) is 10.9 Å². The van der Waals surface area contributed by atoms with Crippen LogP contribution in [0, 0.1) is 5.92 Å². The van der Waals surface area contributed by atoms with E-state index in [4.69, 9.17) is 9.47 Å². The van der Waals surface area contributed by atoms with Crippen LogP contribution in [0.4, 0.5) is 4.79 Å². The monoisotopic (exact) mass is 361 g/mol. The molecule has 0 aliphatic carbocycles. The number of hydrogen-bond donors (Lipinski definition) is 0. The molecule has 0 bridgehead atoms. The number of rotatable bonds is 6. The van der Waals surface area contributed by atoms with Gasteiger partial charge in [-0.1, -0.05) is 6.92 Å². The number of barbiturate groups is 1. The molecule has 0 unspecified atom stereocenters. The van der Waals surface area contributed by atoms with Crippen molar-refractivity contribution in [3.05, 3.63) is 23.8 Å². The van der Waals surface area contributed by atoms with Gasteiger partial charge in [-0.05, 0) is 24.1 Å². The minimum Gasteiger partial charge on any atom is -0.497 e. The van der Waals surface area contributed by atoms with E-state index in [9.17, 15) is 14.4 Å². The lowest BCUT2D eigenvalue weighted by atomic mass is 9.96. The summed E-state index contributed by atoms with van der Waals surface area (Å²) >= 11 is 0. The van der Waals surface area contributed by atoms with Crippen molar-refractivity contribution in [3.63, 3.8) is 0 Å². The molecular weight excluding hydrogens is 338 g/mol. The highest BCUT2D eigenvalue weighted by Gasteiger charge is 2.44. The summed E-state index contributed by atoms with van der Waals surface area (Å²) < 4.78 is 10.5. The summed E-state index contributed by atoms with van der Waals surface area (Å²) in [6.07, 6.45) is 0.416. The molecule has 8 nitrogen and oxygen atoms in total. The maximum Gasteiger partial charge on any atom is 0.332 e. The number of carbonyl (C=O) groups is 3. The van der Waals surface area contributed by atoms with Gasteiger partial charge in [-0.2, -0.15) is 0 Å². The second-order valence-corrected chi connectivity index (χ2v) is 5.89. The first-order chi connectivity index (χ1) is 12.3. The molecule has 26 heavy (non-hydrogen) atoms. The van der Waals surface area contributed by atoms with Crippen LogP contribution in [0.25, 0.3) is 0 Å². The molecule has 0 spiro atoms. The van der Waals surface area contributed by atoms with Crippen molar-refractivity contribution in [2.75, 3.05) is 28.3 Å².